The second kappa shape index (κ2) is 16.0. The summed E-state index contributed by atoms with van der Waals surface area (Å²) in [6.45, 7) is 0.677. The van der Waals surface area contributed by atoms with E-state index >= 15 is 0 Å². The van der Waals surface area contributed by atoms with Crippen molar-refractivity contribution in [3.63, 3.8) is 0 Å². The zero-order valence-corrected chi connectivity index (χ0v) is 25.7. The standard InChI is InChI=1S/C36H40N2O6/c1-41-30-15-10-26(11-16-30)20-21-37-36(40)32(22-27-8-6-5-7-9-27)38(25-28-12-17-31(42-2)18-13-28)35(39)24-29-14-19-33(43-3)34(23-29)44-4/h5-19,23,32H,20-22,24-25H2,1-4H3,(H,37,40). The van der Waals surface area contributed by atoms with Gasteiger partial charge in [-0.25, -0.2) is 0 Å². The maximum Gasteiger partial charge on any atom is 0.243 e. The SMILES string of the molecule is COc1ccc(CCNC(=O)C(Cc2ccccc2)N(Cc2ccc(OC)cc2)C(=O)Cc2ccc(OC)c(OC)c2)cc1. The first-order valence-corrected chi connectivity index (χ1v) is 14.5. The van der Waals surface area contributed by atoms with Gasteiger partial charge in [-0.1, -0.05) is 60.7 Å². The molecule has 4 aromatic carbocycles. The minimum atomic E-state index is -0.747. The molecule has 0 saturated carbocycles. The van der Waals surface area contributed by atoms with Crippen LogP contribution in [0.3, 0.4) is 0 Å². The van der Waals surface area contributed by atoms with E-state index in [0.717, 1.165) is 28.0 Å². The number of methoxy groups -OCH3 is 4. The van der Waals surface area contributed by atoms with E-state index in [1.165, 1.54) is 0 Å². The number of carbonyl (C=O) groups is 2. The Kier molecular flexibility index (Phi) is 11.6. The van der Waals surface area contributed by atoms with Gasteiger partial charge in [-0.15, -0.1) is 0 Å². The van der Waals surface area contributed by atoms with Crippen molar-refractivity contribution in [3.05, 3.63) is 119 Å². The van der Waals surface area contributed by atoms with Crippen molar-refractivity contribution in [1.29, 1.82) is 0 Å². The summed E-state index contributed by atoms with van der Waals surface area (Å²) in [5.41, 5.74) is 3.67. The van der Waals surface area contributed by atoms with Crippen LogP contribution in [-0.2, 0) is 35.4 Å². The van der Waals surface area contributed by atoms with E-state index in [1.54, 1.807) is 45.5 Å². The highest BCUT2D eigenvalue weighted by molar-refractivity contribution is 5.89. The van der Waals surface area contributed by atoms with Crippen LogP contribution >= 0.6 is 0 Å². The van der Waals surface area contributed by atoms with Crippen LogP contribution in [0.4, 0.5) is 0 Å². The average Bonchev–Trinajstić information content (AvgIpc) is 3.07. The molecule has 1 atom stereocenters. The molecule has 0 fully saturated rings. The lowest BCUT2D eigenvalue weighted by Crippen LogP contribution is -2.51. The topological polar surface area (TPSA) is 86.3 Å². The molecule has 0 spiro atoms. The van der Waals surface area contributed by atoms with Gasteiger partial charge in [0.15, 0.2) is 11.5 Å². The minimum Gasteiger partial charge on any atom is -0.497 e. The highest BCUT2D eigenvalue weighted by Gasteiger charge is 2.30. The highest BCUT2D eigenvalue weighted by Crippen LogP contribution is 2.28. The maximum atomic E-state index is 14.1. The molecule has 0 aromatic heterocycles. The monoisotopic (exact) mass is 596 g/mol. The fraction of sp³-hybridized carbons (Fsp3) is 0.278. The number of ether oxygens (including phenoxy) is 4. The van der Waals surface area contributed by atoms with Crippen molar-refractivity contribution >= 4 is 11.8 Å². The van der Waals surface area contributed by atoms with Crippen LogP contribution in [-0.4, -0.2) is 57.7 Å². The normalized spacial score (nSPS) is 11.3. The Morgan fingerprint density at radius 3 is 1.84 bits per heavy atom. The summed E-state index contributed by atoms with van der Waals surface area (Å²) in [5, 5.41) is 3.10. The van der Waals surface area contributed by atoms with E-state index in [9.17, 15) is 9.59 Å². The molecule has 8 nitrogen and oxygen atoms in total. The van der Waals surface area contributed by atoms with Crippen LogP contribution in [0, 0.1) is 0 Å². The first-order chi connectivity index (χ1) is 21.4. The highest BCUT2D eigenvalue weighted by atomic mass is 16.5. The molecule has 1 unspecified atom stereocenters. The Hall–Kier alpha value is -4.98. The summed E-state index contributed by atoms with van der Waals surface area (Å²) in [5.74, 6) is 2.22. The number of nitrogens with zero attached hydrogens (tertiary/aromatic N) is 1. The second-order valence-corrected chi connectivity index (χ2v) is 10.3. The third-order valence-electron chi connectivity index (χ3n) is 7.46. The van der Waals surface area contributed by atoms with Crippen LogP contribution in [0.2, 0.25) is 0 Å². The van der Waals surface area contributed by atoms with Crippen LogP contribution in [0.5, 0.6) is 23.0 Å². The Balaban J connectivity index is 1.61. The lowest BCUT2D eigenvalue weighted by Gasteiger charge is -2.32. The van der Waals surface area contributed by atoms with E-state index in [0.29, 0.717) is 36.6 Å². The summed E-state index contributed by atoms with van der Waals surface area (Å²) >= 11 is 0. The van der Waals surface area contributed by atoms with Crippen LogP contribution in [0.25, 0.3) is 0 Å². The van der Waals surface area contributed by atoms with E-state index < -0.39 is 6.04 Å². The fourth-order valence-corrected chi connectivity index (χ4v) is 4.99. The molecule has 2 amide bonds. The fourth-order valence-electron chi connectivity index (χ4n) is 4.99. The van der Waals surface area contributed by atoms with Gasteiger partial charge in [0.05, 0.1) is 34.9 Å². The average molecular weight is 597 g/mol. The maximum absolute atomic E-state index is 14.1. The molecular weight excluding hydrogens is 556 g/mol. The van der Waals surface area contributed by atoms with E-state index in [2.05, 4.69) is 5.32 Å². The smallest absolute Gasteiger partial charge is 0.243 e. The quantitative estimate of drug-likeness (QED) is 0.202. The van der Waals surface area contributed by atoms with Crippen molar-refractivity contribution in [1.82, 2.24) is 10.2 Å². The second-order valence-electron chi connectivity index (χ2n) is 10.3. The van der Waals surface area contributed by atoms with Crippen molar-refractivity contribution in [2.24, 2.45) is 0 Å². The van der Waals surface area contributed by atoms with Gasteiger partial charge in [-0.3, -0.25) is 9.59 Å². The molecular formula is C36H40N2O6. The molecule has 0 heterocycles. The molecule has 0 aliphatic heterocycles. The van der Waals surface area contributed by atoms with Gasteiger partial charge >= 0.3 is 0 Å². The van der Waals surface area contributed by atoms with Gasteiger partial charge in [0, 0.05) is 19.5 Å². The molecule has 0 saturated heterocycles. The number of hydrogen-bond donors (Lipinski definition) is 1. The summed E-state index contributed by atoms with van der Waals surface area (Å²) in [7, 11) is 6.37. The Morgan fingerprint density at radius 2 is 1.25 bits per heavy atom. The predicted molar refractivity (Wildman–Crippen MR) is 170 cm³/mol. The summed E-state index contributed by atoms with van der Waals surface area (Å²) in [6.07, 6.45) is 1.09. The third kappa shape index (κ3) is 8.77. The summed E-state index contributed by atoms with van der Waals surface area (Å²) in [4.78, 5) is 29.7. The molecule has 0 aliphatic rings. The van der Waals surface area contributed by atoms with E-state index in [4.69, 9.17) is 18.9 Å². The minimum absolute atomic E-state index is 0.0843. The molecule has 0 bridgehead atoms. The lowest BCUT2D eigenvalue weighted by atomic mass is 10.0. The zero-order chi connectivity index (χ0) is 31.3. The number of benzene rings is 4. The van der Waals surface area contributed by atoms with Crippen molar-refractivity contribution in [2.75, 3.05) is 35.0 Å². The zero-order valence-electron chi connectivity index (χ0n) is 25.7. The summed E-state index contributed by atoms with van der Waals surface area (Å²) in [6, 6.07) is 29.7. The third-order valence-corrected chi connectivity index (χ3v) is 7.46. The molecule has 44 heavy (non-hydrogen) atoms. The van der Waals surface area contributed by atoms with Gasteiger partial charge in [0.25, 0.3) is 0 Å². The van der Waals surface area contributed by atoms with Crippen molar-refractivity contribution in [2.45, 2.75) is 31.8 Å². The predicted octanol–water partition coefficient (Wildman–Crippen LogP) is 5.26. The molecule has 230 valence electrons. The Morgan fingerprint density at radius 1 is 0.659 bits per heavy atom. The molecule has 0 radical (unpaired) electrons. The van der Waals surface area contributed by atoms with Gasteiger partial charge in [0.2, 0.25) is 11.8 Å². The number of carbonyl (C=O) groups excluding carboxylic acids is 2. The number of rotatable bonds is 15. The Labute approximate surface area is 259 Å². The van der Waals surface area contributed by atoms with E-state index in [1.807, 2.05) is 84.9 Å². The van der Waals surface area contributed by atoms with Crippen molar-refractivity contribution in [3.8, 4) is 23.0 Å². The first-order valence-electron chi connectivity index (χ1n) is 14.5. The van der Waals surface area contributed by atoms with Crippen LogP contribution in [0.15, 0.2) is 97.1 Å². The van der Waals surface area contributed by atoms with E-state index in [-0.39, 0.29) is 24.8 Å². The van der Waals surface area contributed by atoms with Crippen LogP contribution < -0.4 is 24.3 Å². The molecule has 1 N–H and O–H groups in total. The lowest BCUT2D eigenvalue weighted by molar-refractivity contribution is -0.140. The molecule has 4 aromatic rings. The number of hydrogen-bond acceptors (Lipinski definition) is 6. The molecule has 0 aliphatic carbocycles. The van der Waals surface area contributed by atoms with Gasteiger partial charge in [0.1, 0.15) is 17.5 Å². The molecule has 8 heteroatoms. The van der Waals surface area contributed by atoms with Gasteiger partial charge in [-0.05, 0) is 65.1 Å². The Bertz CT molecular complexity index is 1490. The largest absolute Gasteiger partial charge is 0.497 e. The van der Waals surface area contributed by atoms with Gasteiger partial charge in [-0.2, -0.15) is 0 Å². The number of amides is 2. The first kappa shape index (κ1) is 31.9. The number of nitrogens with one attached hydrogen (secondary N) is 1. The van der Waals surface area contributed by atoms with Crippen LogP contribution in [0.1, 0.15) is 22.3 Å². The van der Waals surface area contributed by atoms with Crippen molar-refractivity contribution < 1.29 is 28.5 Å². The summed E-state index contributed by atoms with van der Waals surface area (Å²) < 4.78 is 21.4. The van der Waals surface area contributed by atoms with Gasteiger partial charge < -0.3 is 29.2 Å². The molecule has 4 rings (SSSR count).